The standard InChI is InChI=1S/C22H34N2O4/c1-6-8-13-23-21(25)19(15(3)4)24(22(26)27-7-2)20-16(5)14-28-18-12-10-9-11-17(18)20/h9-12,15-16,19-20H,6-8,13-14H2,1-5H3,(H,23,25)/t16-,19+,20+/m1/s1. The van der Waals surface area contributed by atoms with Gasteiger partial charge in [-0.2, -0.15) is 0 Å². The number of carbonyl (C=O) groups excluding carboxylic acids is 2. The first-order chi connectivity index (χ1) is 13.4. The molecule has 6 nitrogen and oxygen atoms in total. The van der Waals surface area contributed by atoms with Gasteiger partial charge in [0.2, 0.25) is 5.91 Å². The van der Waals surface area contributed by atoms with E-state index in [1.54, 1.807) is 11.8 Å². The van der Waals surface area contributed by atoms with E-state index in [4.69, 9.17) is 9.47 Å². The Kier molecular flexibility index (Phi) is 8.15. The van der Waals surface area contributed by atoms with Crippen LogP contribution in [0, 0.1) is 11.8 Å². The maximum Gasteiger partial charge on any atom is 0.410 e. The van der Waals surface area contributed by atoms with Gasteiger partial charge in [-0.25, -0.2) is 4.79 Å². The summed E-state index contributed by atoms with van der Waals surface area (Å²) in [5.74, 6) is 0.596. The molecule has 0 saturated heterocycles. The van der Waals surface area contributed by atoms with Gasteiger partial charge in [-0.05, 0) is 25.3 Å². The second-order valence-corrected chi connectivity index (χ2v) is 7.71. The third-order valence-corrected chi connectivity index (χ3v) is 5.09. The average Bonchev–Trinajstić information content (AvgIpc) is 2.66. The number of benzene rings is 1. The molecule has 0 radical (unpaired) electrons. The zero-order valence-electron chi connectivity index (χ0n) is 17.7. The predicted molar refractivity (Wildman–Crippen MR) is 109 cm³/mol. The van der Waals surface area contributed by atoms with Crippen molar-refractivity contribution in [3.8, 4) is 5.75 Å². The van der Waals surface area contributed by atoms with Crippen LogP contribution in [0.4, 0.5) is 4.79 Å². The van der Waals surface area contributed by atoms with Gasteiger partial charge in [-0.3, -0.25) is 9.69 Å². The normalized spacial score (nSPS) is 19.4. The van der Waals surface area contributed by atoms with Crippen LogP contribution in [-0.4, -0.2) is 42.7 Å². The van der Waals surface area contributed by atoms with Crippen molar-refractivity contribution in [1.29, 1.82) is 0 Å². The van der Waals surface area contributed by atoms with E-state index in [9.17, 15) is 9.59 Å². The molecule has 0 saturated carbocycles. The lowest BCUT2D eigenvalue weighted by atomic mass is 9.88. The maximum atomic E-state index is 13.1. The zero-order chi connectivity index (χ0) is 20.7. The molecule has 28 heavy (non-hydrogen) atoms. The number of nitrogens with one attached hydrogen (secondary N) is 1. The Labute approximate surface area is 168 Å². The lowest BCUT2D eigenvalue weighted by Crippen LogP contribution is -2.55. The van der Waals surface area contributed by atoms with Gasteiger partial charge < -0.3 is 14.8 Å². The highest BCUT2D eigenvalue weighted by molar-refractivity contribution is 5.86. The average molecular weight is 391 g/mol. The van der Waals surface area contributed by atoms with Crippen molar-refractivity contribution in [2.24, 2.45) is 11.8 Å². The number of hydrogen-bond donors (Lipinski definition) is 1. The fourth-order valence-corrected chi connectivity index (χ4v) is 3.74. The van der Waals surface area contributed by atoms with Gasteiger partial charge in [0, 0.05) is 18.0 Å². The van der Waals surface area contributed by atoms with Crippen LogP contribution in [0.2, 0.25) is 0 Å². The summed E-state index contributed by atoms with van der Waals surface area (Å²) in [6.07, 6.45) is 1.45. The summed E-state index contributed by atoms with van der Waals surface area (Å²) in [4.78, 5) is 27.8. The lowest BCUT2D eigenvalue weighted by Gasteiger charge is -2.43. The van der Waals surface area contributed by atoms with Gasteiger partial charge in [0.15, 0.2) is 0 Å². The van der Waals surface area contributed by atoms with E-state index in [-0.39, 0.29) is 30.4 Å². The van der Waals surface area contributed by atoms with Crippen molar-refractivity contribution >= 4 is 12.0 Å². The molecule has 1 aromatic rings. The molecule has 156 valence electrons. The van der Waals surface area contributed by atoms with Gasteiger partial charge in [-0.1, -0.05) is 52.3 Å². The first-order valence-electron chi connectivity index (χ1n) is 10.4. The molecule has 6 heteroatoms. The van der Waals surface area contributed by atoms with Crippen LogP contribution in [0.15, 0.2) is 24.3 Å². The molecular formula is C22H34N2O4. The molecule has 1 heterocycles. The van der Waals surface area contributed by atoms with Crippen LogP contribution in [0.3, 0.4) is 0 Å². The number of rotatable bonds is 8. The quantitative estimate of drug-likeness (QED) is 0.677. The summed E-state index contributed by atoms with van der Waals surface area (Å²) in [7, 11) is 0. The molecule has 0 unspecified atom stereocenters. The van der Waals surface area contributed by atoms with E-state index in [1.807, 2.05) is 45.0 Å². The Bertz CT molecular complexity index is 662. The largest absolute Gasteiger partial charge is 0.493 e. The number of fused-ring (bicyclic) bond motifs is 1. The number of unbranched alkanes of at least 4 members (excludes halogenated alkanes) is 1. The second kappa shape index (κ2) is 10.3. The monoisotopic (exact) mass is 390 g/mol. The fourth-order valence-electron chi connectivity index (χ4n) is 3.74. The maximum absolute atomic E-state index is 13.1. The van der Waals surface area contributed by atoms with Crippen LogP contribution in [0.25, 0.3) is 0 Å². The Morgan fingerprint density at radius 2 is 2.00 bits per heavy atom. The van der Waals surface area contributed by atoms with Crippen molar-refractivity contribution in [1.82, 2.24) is 10.2 Å². The minimum atomic E-state index is -0.616. The molecule has 2 amide bonds. The van der Waals surface area contributed by atoms with E-state index in [0.29, 0.717) is 13.2 Å². The molecule has 0 bridgehead atoms. The number of carbonyl (C=O) groups is 2. The first kappa shape index (κ1) is 22.1. The number of nitrogens with zero attached hydrogens (tertiary/aromatic N) is 1. The van der Waals surface area contributed by atoms with Crippen LogP contribution < -0.4 is 10.1 Å². The van der Waals surface area contributed by atoms with E-state index in [0.717, 1.165) is 24.2 Å². The van der Waals surface area contributed by atoms with Crippen LogP contribution in [0.1, 0.15) is 59.1 Å². The van der Waals surface area contributed by atoms with E-state index in [1.165, 1.54) is 0 Å². The van der Waals surface area contributed by atoms with Crippen LogP contribution >= 0.6 is 0 Å². The Balaban J connectivity index is 2.45. The Hall–Kier alpha value is -2.24. The van der Waals surface area contributed by atoms with E-state index < -0.39 is 12.1 Å². The highest BCUT2D eigenvalue weighted by atomic mass is 16.6. The van der Waals surface area contributed by atoms with Crippen molar-refractivity contribution in [2.75, 3.05) is 19.8 Å². The van der Waals surface area contributed by atoms with E-state index >= 15 is 0 Å². The lowest BCUT2D eigenvalue weighted by molar-refractivity contribution is -0.129. The molecule has 3 atom stereocenters. The second-order valence-electron chi connectivity index (χ2n) is 7.71. The molecular weight excluding hydrogens is 356 g/mol. The molecule has 1 N–H and O–H groups in total. The van der Waals surface area contributed by atoms with Gasteiger partial charge in [-0.15, -0.1) is 0 Å². The minimum absolute atomic E-state index is 0.0315. The molecule has 2 rings (SSSR count). The Morgan fingerprint density at radius 3 is 2.64 bits per heavy atom. The predicted octanol–water partition coefficient (Wildman–Crippen LogP) is 4.16. The third kappa shape index (κ3) is 4.97. The van der Waals surface area contributed by atoms with Gasteiger partial charge in [0.1, 0.15) is 11.8 Å². The first-order valence-corrected chi connectivity index (χ1v) is 10.4. The minimum Gasteiger partial charge on any atom is -0.493 e. The number of amides is 2. The van der Waals surface area contributed by atoms with Crippen LogP contribution in [0.5, 0.6) is 5.75 Å². The van der Waals surface area contributed by atoms with Crippen molar-refractivity contribution in [3.05, 3.63) is 29.8 Å². The SMILES string of the molecule is CCCCNC(=O)[C@H](C(C)C)N(C(=O)OCC)[C@@H]1c2ccccc2OC[C@H]1C. The molecule has 0 spiro atoms. The van der Waals surface area contributed by atoms with Crippen LogP contribution in [-0.2, 0) is 9.53 Å². The topological polar surface area (TPSA) is 67.9 Å². The van der Waals surface area contributed by atoms with Gasteiger partial charge >= 0.3 is 6.09 Å². The van der Waals surface area contributed by atoms with Gasteiger partial charge in [0.05, 0.1) is 19.3 Å². The van der Waals surface area contributed by atoms with Gasteiger partial charge in [0.25, 0.3) is 0 Å². The zero-order valence-corrected chi connectivity index (χ0v) is 17.7. The van der Waals surface area contributed by atoms with Crippen molar-refractivity contribution in [3.63, 3.8) is 0 Å². The summed E-state index contributed by atoms with van der Waals surface area (Å²) >= 11 is 0. The summed E-state index contributed by atoms with van der Waals surface area (Å²) in [5.41, 5.74) is 0.918. The van der Waals surface area contributed by atoms with Crippen molar-refractivity contribution in [2.45, 2.75) is 59.5 Å². The molecule has 1 aliphatic rings. The van der Waals surface area contributed by atoms with Crippen molar-refractivity contribution < 1.29 is 19.1 Å². The summed E-state index contributed by atoms with van der Waals surface area (Å²) < 4.78 is 11.3. The molecule has 0 aliphatic carbocycles. The third-order valence-electron chi connectivity index (χ3n) is 5.09. The summed E-state index contributed by atoms with van der Waals surface area (Å²) in [5, 5.41) is 3.00. The highest BCUT2D eigenvalue weighted by Gasteiger charge is 2.43. The highest BCUT2D eigenvalue weighted by Crippen LogP contribution is 2.41. The smallest absolute Gasteiger partial charge is 0.410 e. The summed E-state index contributed by atoms with van der Waals surface area (Å²) in [6.45, 7) is 11.2. The number of para-hydroxylation sites is 1. The Morgan fingerprint density at radius 1 is 1.29 bits per heavy atom. The molecule has 1 aliphatic heterocycles. The fraction of sp³-hybridized carbons (Fsp3) is 0.636. The molecule has 0 fully saturated rings. The molecule has 0 aromatic heterocycles. The van der Waals surface area contributed by atoms with E-state index in [2.05, 4.69) is 12.2 Å². The molecule has 1 aromatic carbocycles. The number of hydrogen-bond acceptors (Lipinski definition) is 4. The number of ether oxygens (including phenoxy) is 2. The summed E-state index contributed by atoms with van der Waals surface area (Å²) in [6, 6.07) is 6.82.